The highest BCUT2D eigenvalue weighted by atomic mass is 16.4. The van der Waals surface area contributed by atoms with Crippen LogP contribution in [0.3, 0.4) is 0 Å². The number of aliphatic hydroxyl groups excluding tert-OH is 1. The quantitative estimate of drug-likeness (QED) is 0.0551. The fourth-order valence-corrected chi connectivity index (χ4v) is 4.46. The van der Waals surface area contributed by atoms with E-state index in [2.05, 4.69) is 25.9 Å². The number of amides is 3. The molecule has 3 aromatic rings. The molecule has 3 rings (SSSR count). The summed E-state index contributed by atoms with van der Waals surface area (Å²) in [4.78, 5) is 58.6. The van der Waals surface area contributed by atoms with Crippen LogP contribution >= 0.6 is 0 Å². The Morgan fingerprint density at radius 3 is 2.14 bits per heavy atom. The third kappa shape index (κ3) is 9.83. The molecule has 12 N–H and O–H groups in total. The number of aromatic nitrogens is 1. The van der Waals surface area contributed by atoms with Crippen molar-refractivity contribution in [1.82, 2.24) is 20.9 Å². The third-order valence-corrected chi connectivity index (χ3v) is 6.74. The van der Waals surface area contributed by atoms with Crippen LogP contribution in [0.5, 0.6) is 0 Å². The van der Waals surface area contributed by atoms with Crippen molar-refractivity contribution in [2.24, 2.45) is 22.2 Å². The fourth-order valence-electron chi connectivity index (χ4n) is 4.46. The number of para-hydroxylation sites is 1. The summed E-state index contributed by atoms with van der Waals surface area (Å²) >= 11 is 0. The number of carboxylic acids is 1. The summed E-state index contributed by atoms with van der Waals surface area (Å²) in [5.41, 5.74) is 18.6. The second kappa shape index (κ2) is 15.9. The zero-order valence-electron chi connectivity index (χ0n) is 23.5. The number of carbonyl (C=O) groups excluding carboxylic acids is 3. The van der Waals surface area contributed by atoms with E-state index in [0.29, 0.717) is 17.5 Å². The first kappa shape index (κ1) is 32.6. The number of aliphatic imine (C=N–C) groups is 1. The van der Waals surface area contributed by atoms with E-state index < -0.39 is 54.5 Å². The van der Waals surface area contributed by atoms with Crippen LogP contribution in [0.25, 0.3) is 10.9 Å². The number of rotatable bonds is 16. The number of carboxylic acid groups (broad SMARTS) is 1. The number of nitrogens with one attached hydrogen (secondary N) is 4. The third-order valence-electron chi connectivity index (χ3n) is 6.74. The molecule has 4 atom stereocenters. The lowest BCUT2D eigenvalue weighted by molar-refractivity contribution is -0.142. The molecule has 14 nitrogen and oxygen atoms in total. The molecular weight excluding hydrogens is 556 g/mol. The van der Waals surface area contributed by atoms with E-state index in [4.69, 9.17) is 17.2 Å². The first-order chi connectivity index (χ1) is 20.6. The summed E-state index contributed by atoms with van der Waals surface area (Å²) in [6, 6.07) is 11.3. The lowest BCUT2D eigenvalue weighted by Gasteiger charge is -2.25. The number of carbonyl (C=O) groups is 4. The maximum absolute atomic E-state index is 13.6. The molecule has 0 aliphatic carbocycles. The van der Waals surface area contributed by atoms with E-state index in [0.717, 1.165) is 10.9 Å². The van der Waals surface area contributed by atoms with Crippen LogP contribution in [0.1, 0.15) is 24.0 Å². The molecule has 2 aromatic carbocycles. The number of H-pyrrole nitrogens is 1. The van der Waals surface area contributed by atoms with E-state index in [1.807, 2.05) is 24.3 Å². The molecule has 4 unspecified atom stereocenters. The topological polar surface area (TPSA) is 251 Å². The zero-order valence-corrected chi connectivity index (χ0v) is 23.5. The number of aromatic amines is 1. The molecule has 0 saturated carbocycles. The normalized spacial score (nSPS) is 13.7. The summed E-state index contributed by atoms with van der Waals surface area (Å²) < 4.78 is 0. The van der Waals surface area contributed by atoms with Gasteiger partial charge in [0.25, 0.3) is 0 Å². The average Bonchev–Trinajstić information content (AvgIpc) is 3.40. The molecule has 0 aliphatic rings. The van der Waals surface area contributed by atoms with Gasteiger partial charge in [-0.25, -0.2) is 4.79 Å². The molecule has 0 spiro atoms. The van der Waals surface area contributed by atoms with Gasteiger partial charge in [0.2, 0.25) is 17.7 Å². The fraction of sp³-hybridized carbons (Fsp3) is 0.345. The largest absolute Gasteiger partial charge is 0.480 e. The Morgan fingerprint density at radius 1 is 0.837 bits per heavy atom. The summed E-state index contributed by atoms with van der Waals surface area (Å²) in [5.74, 6) is -3.57. The molecule has 3 amide bonds. The first-order valence-electron chi connectivity index (χ1n) is 13.7. The van der Waals surface area contributed by atoms with Crippen molar-refractivity contribution in [2.75, 3.05) is 13.2 Å². The van der Waals surface area contributed by atoms with E-state index in [9.17, 15) is 29.4 Å². The maximum atomic E-state index is 13.6. The number of hydrogen-bond acceptors (Lipinski definition) is 7. The first-order valence-corrected chi connectivity index (χ1v) is 13.7. The number of aliphatic hydroxyl groups is 1. The van der Waals surface area contributed by atoms with Gasteiger partial charge < -0.3 is 48.3 Å². The Balaban J connectivity index is 1.86. The van der Waals surface area contributed by atoms with E-state index in [1.165, 1.54) is 0 Å². The number of guanidine groups is 1. The minimum absolute atomic E-state index is 0.0179. The lowest BCUT2D eigenvalue weighted by Crippen LogP contribution is -2.58. The van der Waals surface area contributed by atoms with Gasteiger partial charge in [-0.05, 0) is 30.0 Å². The van der Waals surface area contributed by atoms with Gasteiger partial charge in [0, 0.05) is 36.5 Å². The SMILES string of the molecule is NC(N)=NCCCC(NC(=O)C(N)CO)C(=O)NC(Cc1c[nH]c2ccccc12)C(=O)NC(Cc1ccccc1)C(=O)O. The van der Waals surface area contributed by atoms with E-state index in [-0.39, 0.29) is 31.8 Å². The number of hydrogen-bond donors (Lipinski definition) is 9. The highest BCUT2D eigenvalue weighted by Gasteiger charge is 2.31. The van der Waals surface area contributed by atoms with Crippen LogP contribution < -0.4 is 33.2 Å². The summed E-state index contributed by atoms with van der Waals surface area (Å²) in [6.45, 7) is -0.467. The van der Waals surface area contributed by atoms with Gasteiger partial charge in [0.05, 0.1) is 6.61 Å². The molecule has 1 aromatic heterocycles. The number of benzene rings is 2. The molecule has 230 valence electrons. The van der Waals surface area contributed by atoms with Crippen LogP contribution in [0.15, 0.2) is 65.8 Å². The van der Waals surface area contributed by atoms with Crippen molar-refractivity contribution in [3.8, 4) is 0 Å². The minimum Gasteiger partial charge on any atom is -0.480 e. The molecule has 0 fully saturated rings. The average molecular weight is 595 g/mol. The molecule has 1 heterocycles. The zero-order chi connectivity index (χ0) is 31.4. The Hall–Kier alpha value is -4.95. The Labute approximate surface area is 248 Å². The lowest BCUT2D eigenvalue weighted by atomic mass is 10.0. The predicted molar refractivity (Wildman–Crippen MR) is 161 cm³/mol. The molecule has 0 saturated heterocycles. The molecule has 0 radical (unpaired) electrons. The van der Waals surface area contributed by atoms with Gasteiger partial charge in [-0.15, -0.1) is 0 Å². The van der Waals surface area contributed by atoms with Gasteiger partial charge in [-0.2, -0.15) is 0 Å². The second-order valence-corrected chi connectivity index (χ2v) is 10.0. The van der Waals surface area contributed by atoms with Crippen molar-refractivity contribution in [3.05, 3.63) is 71.9 Å². The molecule has 14 heteroatoms. The number of fused-ring (bicyclic) bond motifs is 1. The van der Waals surface area contributed by atoms with Gasteiger partial charge in [-0.3, -0.25) is 19.4 Å². The Bertz CT molecular complexity index is 1420. The number of nitrogens with two attached hydrogens (primary N) is 3. The van der Waals surface area contributed by atoms with Crippen molar-refractivity contribution in [2.45, 2.75) is 49.9 Å². The summed E-state index contributed by atoms with van der Waals surface area (Å²) in [6.07, 6.45) is 2.13. The molecule has 0 aliphatic heterocycles. The van der Waals surface area contributed by atoms with Crippen molar-refractivity contribution >= 4 is 40.6 Å². The smallest absolute Gasteiger partial charge is 0.326 e. The van der Waals surface area contributed by atoms with Crippen LogP contribution in [0, 0.1) is 0 Å². The van der Waals surface area contributed by atoms with Gasteiger partial charge >= 0.3 is 5.97 Å². The second-order valence-electron chi connectivity index (χ2n) is 10.0. The van der Waals surface area contributed by atoms with Crippen LogP contribution in [-0.2, 0) is 32.0 Å². The van der Waals surface area contributed by atoms with Crippen LogP contribution in [0.4, 0.5) is 0 Å². The van der Waals surface area contributed by atoms with Crippen LogP contribution in [0.2, 0.25) is 0 Å². The predicted octanol–water partition coefficient (Wildman–Crippen LogP) is -1.13. The van der Waals surface area contributed by atoms with Crippen molar-refractivity contribution < 1.29 is 29.4 Å². The Kier molecular flexibility index (Phi) is 12.0. The maximum Gasteiger partial charge on any atom is 0.326 e. The summed E-state index contributed by atoms with van der Waals surface area (Å²) in [5, 5.41) is 27.7. The van der Waals surface area contributed by atoms with E-state index in [1.54, 1.807) is 36.5 Å². The number of aliphatic carboxylic acids is 1. The van der Waals surface area contributed by atoms with Crippen molar-refractivity contribution in [1.29, 1.82) is 0 Å². The molecule has 43 heavy (non-hydrogen) atoms. The summed E-state index contributed by atoms with van der Waals surface area (Å²) in [7, 11) is 0. The highest BCUT2D eigenvalue weighted by molar-refractivity contribution is 5.95. The number of nitrogens with zero attached hydrogens (tertiary/aromatic N) is 1. The highest BCUT2D eigenvalue weighted by Crippen LogP contribution is 2.19. The van der Waals surface area contributed by atoms with Crippen LogP contribution in [-0.4, -0.2) is 82.2 Å². The van der Waals surface area contributed by atoms with Gasteiger partial charge in [0.1, 0.15) is 24.2 Å². The van der Waals surface area contributed by atoms with Gasteiger partial charge in [-0.1, -0.05) is 48.5 Å². The molecule has 0 bridgehead atoms. The molecular formula is C29H38N8O6. The monoisotopic (exact) mass is 594 g/mol. The van der Waals surface area contributed by atoms with E-state index >= 15 is 0 Å². The van der Waals surface area contributed by atoms with Crippen molar-refractivity contribution in [3.63, 3.8) is 0 Å². The van der Waals surface area contributed by atoms with Gasteiger partial charge in [0.15, 0.2) is 5.96 Å². The standard InChI is InChI=1S/C29H38N8O6/c30-20(16-38)25(39)35-22(11-6-12-33-29(31)32)26(40)36-23(14-18-15-34-21-10-5-4-9-19(18)21)27(41)37-24(28(42)43)13-17-7-2-1-3-8-17/h1-5,7-10,15,20,22-24,34,38H,6,11-14,16,30H2,(H,35,39)(H,36,40)(H,37,41)(H,42,43)(H4,31,32,33). The Morgan fingerprint density at radius 2 is 1.47 bits per heavy atom. The minimum atomic E-state index is -1.27.